The Bertz CT molecular complexity index is 499. The van der Waals surface area contributed by atoms with Crippen molar-refractivity contribution in [3.8, 4) is 0 Å². The molecular weight excluding hydrogens is 295 g/mol. The number of rotatable bonds is 6. The normalized spacial score (nSPS) is 18.9. The molecule has 21 heavy (non-hydrogen) atoms. The van der Waals surface area contributed by atoms with E-state index in [2.05, 4.69) is 10.2 Å². The van der Waals surface area contributed by atoms with Gasteiger partial charge in [0, 0.05) is 32.3 Å². The lowest BCUT2D eigenvalue weighted by molar-refractivity contribution is -0.116. The monoisotopic (exact) mass is 314 g/mol. The number of carbonyl (C=O) groups excluding carboxylic acids is 1. The molecular formula is C15H20ClFN2O2. The van der Waals surface area contributed by atoms with Crippen molar-refractivity contribution in [2.24, 2.45) is 5.92 Å². The number of carbonyl (C=O) groups is 1. The van der Waals surface area contributed by atoms with E-state index in [1.165, 1.54) is 18.2 Å². The molecule has 1 heterocycles. The summed E-state index contributed by atoms with van der Waals surface area (Å²) < 4.78 is 18.2. The second-order valence-corrected chi connectivity index (χ2v) is 5.74. The SMILES string of the molecule is COC[C@@H]1CCN(CCC(=O)Nc2ccc(F)c(Cl)c2)C1. The van der Waals surface area contributed by atoms with Crippen molar-refractivity contribution in [2.45, 2.75) is 12.8 Å². The van der Waals surface area contributed by atoms with Crippen molar-refractivity contribution >= 4 is 23.2 Å². The van der Waals surface area contributed by atoms with Crippen LogP contribution in [-0.2, 0) is 9.53 Å². The first-order valence-electron chi connectivity index (χ1n) is 7.04. The summed E-state index contributed by atoms with van der Waals surface area (Å²) in [6.07, 6.45) is 1.53. The molecule has 0 radical (unpaired) electrons. The molecule has 1 amide bonds. The molecule has 1 aromatic rings. The number of halogens is 2. The first-order valence-corrected chi connectivity index (χ1v) is 7.42. The minimum absolute atomic E-state index is 0.00903. The predicted molar refractivity (Wildman–Crippen MR) is 81.1 cm³/mol. The number of likely N-dealkylation sites (tertiary alicyclic amines) is 1. The van der Waals surface area contributed by atoms with Crippen molar-refractivity contribution in [2.75, 3.05) is 38.7 Å². The number of amides is 1. The molecule has 0 saturated carbocycles. The lowest BCUT2D eigenvalue weighted by Crippen LogP contribution is -2.26. The topological polar surface area (TPSA) is 41.6 Å². The Morgan fingerprint density at radius 1 is 1.57 bits per heavy atom. The van der Waals surface area contributed by atoms with Gasteiger partial charge in [0.15, 0.2) is 0 Å². The number of methoxy groups -OCH3 is 1. The van der Waals surface area contributed by atoms with Crippen LogP contribution in [0.4, 0.5) is 10.1 Å². The molecule has 4 nitrogen and oxygen atoms in total. The van der Waals surface area contributed by atoms with Crippen LogP contribution in [0.2, 0.25) is 5.02 Å². The van der Waals surface area contributed by atoms with Gasteiger partial charge in [0.1, 0.15) is 5.82 Å². The second-order valence-electron chi connectivity index (χ2n) is 5.34. The van der Waals surface area contributed by atoms with Gasteiger partial charge in [0.05, 0.1) is 11.6 Å². The van der Waals surface area contributed by atoms with Gasteiger partial charge in [-0.05, 0) is 37.1 Å². The number of nitrogens with one attached hydrogen (secondary N) is 1. The molecule has 6 heteroatoms. The van der Waals surface area contributed by atoms with Crippen LogP contribution >= 0.6 is 11.6 Å². The number of hydrogen-bond acceptors (Lipinski definition) is 3. The molecule has 116 valence electrons. The first kappa shape index (κ1) is 16.2. The summed E-state index contributed by atoms with van der Waals surface area (Å²) in [6.45, 7) is 3.48. The largest absolute Gasteiger partial charge is 0.384 e. The Labute approximate surface area is 129 Å². The minimum Gasteiger partial charge on any atom is -0.384 e. The summed E-state index contributed by atoms with van der Waals surface area (Å²) in [6, 6.07) is 4.16. The summed E-state index contributed by atoms with van der Waals surface area (Å²) in [5, 5.41) is 2.74. The van der Waals surface area contributed by atoms with Crippen LogP contribution in [0.15, 0.2) is 18.2 Å². The van der Waals surface area contributed by atoms with Crippen LogP contribution in [0, 0.1) is 11.7 Å². The van der Waals surface area contributed by atoms with Crippen LogP contribution in [-0.4, -0.2) is 44.2 Å². The second kappa shape index (κ2) is 7.73. The van der Waals surface area contributed by atoms with E-state index in [4.69, 9.17) is 16.3 Å². The van der Waals surface area contributed by atoms with E-state index in [-0.39, 0.29) is 10.9 Å². The Morgan fingerprint density at radius 2 is 2.38 bits per heavy atom. The van der Waals surface area contributed by atoms with Gasteiger partial charge in [-0.25, -0.2) is 4.39 Å². The van der Waals surface area contributed by atoms with Gasteiger partial charge in [-0.3, -0.25) is 4.79 Å². The Balaban J connectivity index is 1.74. The molecule has 0 bridgehead atoms. The number of nitrogens with zero attached hydrogens (tertiary/aromatic N) is 1. The maximum atomic E-state index is 13.0. The van der Waals surface area contributed by atoms with Gasteiger partial charge >= 0.3 is 0 Å². The van der Waals surface area contributed by atoms with Gasteiger partial charge in [-0.1, -0.05) is 11.6 Å². The van der Waals surface area contributed by atoms with Crippen LogP contribution in [0.25, 0.3) is 0 Å². The summed E-state index contributed by atoms with van der Waals surface area (Å²) in [4.78, 5) is 14.1. The van der Waals surface area contributed by atoms with Gasteiger partial charge in [0.25, 0.3) is 0 Å². The van der Waals surface area contributed by atoms with E-state index in [0.29, 0.717) is 18.0 Å². The average Bonchev–Trinajstić information content (AvgIpc) is 2.89. The molecule has 0 aliphatic carbocycles. The molecule has 0 unspecified atom stereocenters. The molecule has 1 aliphatic heterocycles. The van der Waals surface area contributed by atoms with E-state index in [1.54, 1.807) is 7.11 Å². The van der Waals surface area contributed by atoms with E-state index >= 15 is 0 Å². The molecule has 1 N–H and O–H groups in total. The van der Waals surface area contributed by atoms with Crippen LogP contribution < -0.4 is 5.32 Å². The molecule has 0 aromatic heterocycles. The van der Waals surface area contributed by atoms with Crippen molar-refractivity contribution < 1.29 is 13.9 Å². The third-order valence-electron chi connectivity index (χ3n) is 3.63. The minimum atomic E-state index is -0.490. The zero-order valence-electron chi connectivity index (χ0n) is 12.1. The lowest BCUT2D eigenvalue weighted by Gasteiger charge is -2.15. The molecule has 1 atom stereocenters. The Kier molecular flexibility index (Phi) is 5.96. The third kappa shape index (κ3) is 4.95. The Hall–Kier alpha value is -1.17. The maximum absolute atomic E-state index is 13.0. The number of ether oxygens (including phenoxy) is 1. The summed E-state index contributed by atoms with van der Waals surface area (Å²) in [5.74, 6) is -0.0160. The fourth-order valence-electron chi connectivity index (χ4n) is 2.54. The maximum Gasteiger partial charge on any atom is 0.225 e. The third-order valence-corrected chi connectivity index (χ3v) is 3.92. The van der Waals surface area contributed by atoms with Crippen molar-refractivity contribution in [1.29, 1.82) is 0 Å². The summed E-state index contributed by atoms with van der Waals surface area (Å²) in [7, 11) is 1.71. The molecule has 1 saturated heterocycles. The quantitative estimate of drug-likeness (QED) is 0.878. The Morgan fingerprint density at radius 3 is 3.10 bits per heavy atom. The van der Waals surface area contributed by atoms with Crippen LogP contribution in [0.3, 0.4) is 0 Å². The van der Waals surface area contributed by atoms with Crippen molar-refractivity contribution in [1.82, 2.24) is 4.90 Å². The van der Waals surface area contributed by atoms with Gasteiger partial charge in [-0.2, -0.15) is 0 Å². The highest BCUT2D eigenvalue weighted by atomic mass is 35.5. The smallest absolute Gasteiger partial charge is 0.225 e. The van der Waals surface area contributed by atoms with Gasteiger partial charge in [-0.15, -0.1) is 0 Å². The number of hydrogen-bond donors (Lipinski definition) is 1. The first-order chi connectivity index (χ1) is 10.1. The molecule has 1 fully saturated rings. The zero-order chi connectivity index (χ0) is 15.2. The van der Waals surface area contributed by atoms with Crippen molar-refractivity contribution in [3.05, 3.63) is 29.0 Å². The average molecular weight is 315 g/mol. The molecule has 1 aromatic carbocycles. The molecule has 1 aliphatic rings. The number of benzene rings is 1. The number of anilines is 1. The fraction of sp³-hybridized carbons (Fsp3) is 0.533. The lowest BCUT2D eigenvalue weighted by atomic mass is 10.1. The fourth-order valence-corrected chi connectivity index (χ4v) is 2.73. The predicted octanol–water partition coefficient (Wildman–Crippen LogP) is 2.78. The van der Waals surface area contributed by atoms with E-state index in [9.17, 15) is 9.18 Å². The highest BCUT2D eigenvalue weighted by molar-refractivity contribution is 6.31. The summed E-state index contributed by atoms with van der Waals surface area (Å²) in [5.41, 5.74) is 0.519. The standard InChI is InChI=1S/C15H20ClFN2O2/c1-21-10-11-4-6-19(9-11)7-5-15(20)18-12-2-3-14(17)13(16)8-12/h2-3,8,11H,4-7,9-10H2,1H3,(H,18,20)/t11-/m1/s1. The van der Waals surface area contributed by atoms with E-state index < -0.39 is 5.82 Å². The molecule has 0 spiro atoms. The van der Waals surface area contributed by atoms with Gasteiger partial charge in [0.2, 0.25) is 5.91 Å². The highest BCUT2D eigenvalue weighted by Gasteiger charge is 2.22. The molecule has 2 rings (SSSR count). The van der Waals surface area contributed by atoms with Crippen LogP contribution in [0.1, 0.15) is 12.8 Å². The van der Waals surface area contributed by atoms with Gasteiger partial charge < -0.3 is 15.0 Å². The van der Waals surface area contributed by atoms with E-state index in [0.717, 1.165) is 32.7 Å². The van der Waals surface area contributed by atoms with E-state index in [1.807, 2.05) is 0 Å². The zero-order valence-corrected chi connectivity index (χ0v) is 12.8. The van der Waals surface area contributed by atoms with Crippen molar-refractivity contribution in [3.63, 3.8) is 0 Å². The van der Waals surface area contributed by atoms with Crippen LogP contribution in [0.5, 0.6) is 0 Å². The summed E-state index contributed by atoms with van der Waals surface area (Å²) >= 11 is 5.68. The highest BCUT2D eigenvalue weighted by Crippen LogP contribution is 2.20.